The lowest BCUT2D eigenvalue weighted by atomic mass is 9.91. The van der Waals surface area contributed by atoms with Crippen LogP contribution in [0.4, 0.5) is 0 Å². The van der Waals surface area contributed by atoms with Gasteiger partial charge in [0.1, 0.15) is 27.3 Å². The number of sulfone groups is 1. The summed E-state index contributed by atoms with van der Waals surface area (Å²) < 4.78 is 29.2. The van der Waals surface area contributed by atoms with Crippen LogP contribution in [0.15, 0.2) is 30.3 Å². The Labute approximate surface area is 271 Å². The van der Waals surface area contributed by atoms with E-state index in [4.69, 9.17) is 9.72 Å². The number of hydrogen-bond donors (Lipinski definition) is 3. The second kappa shape index (κ2) is 13.3. The van der Waals surface area contributed by atoms with E-state index in [2.05, 4.69) is 53.4 Å². The number of nitrogens with zero attached hydrogens (tertiary/aromatic N) is 3. The Kier molecular flexibility index (Phi) is 9.40. The molecule has 6 rings (SSSR count). The summed E-state index contributed by atoms with van der Waals surface area (Å²) in [5.74, 6) is 1.40. The monoisotopic (exact) mass is 650 g/mol. The zero-order valence-corrected chi connectivity index (χ0v) is 28.1. The van der Waals surface area contributed by atoms with E-state index in [1.807, 2.05) is 23.1 Å². The third-order valence-corrected chi connectivity index (χ3v) is 10.6. The van der Waals surface area contributed by atoms with Gasteiger partial charge in [0.15, 0.2) is 0 Å². The van der Waals surface area contributed by atoms with Crippen LogP contribution in [-0.2, 0) is 21.2 Å². The third-order valence-electron chi connectivity index (χ3n) is 9.65. The molecule has 0 bridgehead atoms. The molecule has 0 radical (unpaired) electrons. The van der Waals surface area contributed by atoms with Gasteiger partial charge in [-0.15, -0.1) is 0 Å². The minimum absolute atomic E-state index is 0.0167. The van der Waals surface area contributed by atoms with E-state index in [0.29, 0.717) is 49.7 Å². The number of aromatic amines is 1. The molecule has 0 spiro atoms. The van der Waals surface area contributed by atoms with Crippen LogP contribution in [0.5, 0.6) is 5.75 Å². The first-order valence-corrected chi connectivity index (χ1v) is 18.5. The quantitative estimate of drug-likeness (QED) is 0.288. The van der Waals surface area contributed by atoms with Crippen molar-refractivity contribution in [2.45, 2.75) is 64.6 Å². The van der Waals surface area contributed by atoms with Gasteiger partial charge in [0, 0.05) is 69.1 Å². The number of H-pyrrole nitrogens is 1. The molecule has 2 aromatic carbocycles. The lowest BCUT2D eigenvalue weighted by Crippen LogP contribution is -2.51. The summed E-state index contributed by atoms with van der Waals surface area (Å²) in [6.07, 6.45) is 3.70. The molecule has 0 aliphatic carbocycles. The molecule has 12 heteroatoms. The Morgan fingerprint density at radius 3 is 2.63 bits per heavy atom. The van der Waals surface area contributed by atoms with Gasteiger partial charge in [0.05, 0.1) is 23.4 Å². The molecule has 3 aliphatic heterocycles. The molecule has 3 aromatic rings. The Balaban J connectivity index is 1.08. The number of benzene rings is 2. The summed E-state index contributed by atoms with van der Waals surface area (Å²) in [5.41, 5.74) is 5.48. The van der Waals surface area contributed by atoms with Crippen LogP contribution in [0.3, 0.4) is 0 Å². The maximum atomic E-state index is 13.5. The Bertz CT molecular complexity index is 1710. The van der Waals surface area contributed by atoms with Crippen LogP contribution in [0.25, 0.3) is 11.0 Å². The van der Waals surface area contributed by atoms with Gasteiger partial charge in [-0.1, -0.05) is 24.6 Å². The average Bonchev–Trinajstić information content (AvgIpc) is 3.57. The largest absolute Gasteiger partial charge is 0.493 e. The smallest absolute Gasteiger partial charge is 0.254 e. The number of rotatable bonds is 11. The van der Waals surface area contributed by atoms with Crippen molar-refractivity contribution in [1.29, 1.82) is 0 Å². The number of aryl methyl sites for hydroxylation is 2. The highest BCUT2D eigenvalue weighted by atomic mass is 32.2. The molecule has 3 atom stereocenters. The number of fused-ring (bicyclic) bond motifs is 2. The summed E-state index contributed by atoms with van der Waals surface area (Å²) in [4.78, 5) is 39.1. The van der Waals surface area contributed by atoms with Crippen molar-refractivity contribution in [3.63, 3.8) is 0 Å². The predicted molar refractivity (Wildman–Crippen MR) is 178 cm³/mol. The third kappa shape index (κ3) is 7.24. The van der Waals surface area contributed by atoms with Crippen molar-refractivity contribution in [3.05, 3.63) is 58.4 Å². The van der Waals surface area contributed by atoms with Gasteiger partial charge in [-0.25, -0.2) is 13.4 Å². The molecular weight excluding hydrogens is 604 g/mol. The van der Waals surface area contributed by atoms with Gasteiger partial charge in [-0.05, 0) is 62.4 Å². The molecular formula is C34H46N6O5S. The molecule has 1 aromatic heterocycles. The molecule has 248 valence electrons. The van der Waals surface area contributed by atoms with Crippen LogP contribution in [-0.4, -0.2) is 103 Å². The van der Waals surface area contributed by atoms with Crippen molar-refractivity contribution in [2.24, 2.45) is 5.92 Å². The van der Waals surface area contributed by atoms with Crippen LogP contribution in [0.2, 0.25) is 0 Å². The fourth-order valence-electron chi connectivity index (χ4n) is 7.00. The fourth-order valence-corrected chi connectivity index (χ4v) is 7.59. The first kappa shape index (κ1) is 32.5. The van der Waals surface area contributed by atoms with Crippen molar-refractivity contribution in [1.82, 2.24) is 30.4 Å². The summed E-state index contributed by atoms with van der Waals surface area (Å²) in [7, 11) is -2.99. The molecule has 2 saturated heterocycles. The lowest BCUT2D eigenvalue weighted by molar-refractivity contribution is -0.124. The highest BCUT2D eigenvalue weighted by molar-refractivity contribution is 7.90. The van der Waals surface area contributed by atoms with Crippen molar-refractivity contribution >= 4 is 32.7 Å². The topological polar surface area (TPSA) is 137 Å². The van der Waals surface area contributed by atoms with E-state index in [0.717, 1.165) is 54.7 Å². The molecule has 3 N–H and O–H groups in total. The van der Waals surface area contributed by atoms with Crippen molar-refractivity contribution < 1.29 is 22.7 Å². The zero-order chi connectivity index (χ0) is 32.6. The highest BCUT2D eigenvalue weighted by Gasteiger charge is 2.38. The number of amides is 2. The van der Waals surface area contributed by atoms with E-state index < -0.39 is 15.8 Å². The Morgan fingerprint density at radius 2 is 1.89 bits per heavy atom. The Hall–Kier alpha value is -3.48. The molecule has 0 saturated carbocycles. The molecule has 11 nitrogen and oxygen atoms in total. The number of likely N-dealkylation sites (tertiary alicyclic amines) is 1. The molecule has 46 heavy (non-hydrogen) atoms. The Morgan fingerprint density at radius 1 is 1.11 bits per heavy atom. The SMILES string of the molecule is Cc1ccc(OC[C@H](C)CNC2CCNC(=O)C2c2nc3cc4c(cc3[nH]2)CN(C2CCN(CCS(C)(=O)=O)CC2)C4=O)c(C)c1. The van der Waals surface area contributed by atoms with Crippen molar-refractivity contribution in [3.8, 4) is 5.75 Å². The van der Waals surface area contributed by atoms with Gasteiger partial charge >= 0.3 is 0 Å². The number of ether oxygens (including phenoxy) is 1. The van der Waals surface area contributed by atoms with Crippen LogP contribution >= 0.6 is 0 Å². The normalized spacial score (nSPS) is 21.9. The molecule has 4 heterocycles. The van der Waals surface area contributed by atoms with Crippen LogP contribution in [0, 0.1) is 19.8 Å². The van der Waals surface area contributed by atoms with Crippen molar-refractivity contribution in [2.75, 3.05) is 51.3 Å². The number of piperidine rings is 2. The first-order chi connectivity index (χ1) is 21.9. The van der Waals surface area contributed by atoms with Crippen LogP contribution in [0.1, 0.15) is 65.0 Å². The maximum absolute atomic E-state index is 13.5. The summed E-state index contributed by atoms with van der Waals surface area (Å²) in [6, 6.07) is 10.1. The second-order valence-electron chi connectivity index (χ2n) is 13.5. The molecule has 2 unspecified atom stereocenters. The highest BCUT2D eigenvalue weighted by Crippen LogP contribution is 2.33. The zero-order valence-electron chi connectivity index (χ0n) is 27.3. The van der Waals surface area contributed by atoms with E-state index in [-0.39, 0.29) is 35.6 Å². The van der Waals surface area contributed by atoms with Gasteiger partial charge in [-0.2, -0.15) is 0 Å². The van der Waals surface area contributed by atoms with Gasteiger partial charge < -0.3 is 30.2 Å². The van der Waals surface area contributed by atoms with Gasteiger partial charge in [0.25, 0.3) is 5.91 Å². The lowest BCUT2D eigenvalue weighted by Gasteiger charge is -2.36. The summed E-state index contributed by atoms with van der Waals surface area (Å²) in [6.45, 7) is 10.8. The second-order valence-corrected chi connectivity index (χ2v) is 15.8. The fraction of sp³-hybridized carbons (Fsp3) is 0.559. The van der Waals surface area contributed by atoms with E-state index >= 15 is 0 Å². The maximum Gasteiger partial charge on any atom is 0.254 e. The number of imidazole rings is 1. The first-order valence-electron chi connectivity index (χ1n) is 16.4. The summed E-state index contributed by atoms with van der Waals surface area (Å²) >= 11 is 0. The predicted octanol–water partition coefficient (Wildman–Crippen LogP) is 2.92. The van der Waals surface area contributed by atoms with E-state index in [1.54, 1.807) is 0 Å². The standard InChI is InChI=1S/C34H46N6O5S/c1-21-5-6-30(23(3)15-21)45-20-22(2)18-36-27-7-10-35-33(41)31(27)32-37-28-16-24-19-40(34(42)26(24)17-29(28)38-32)25-8-11-39(12-9-25)13-14-46(4,43)44/h5-6,15-17,22,25,27,31,36H,7-14,18-20H2,1-4H3,(H,35,41)(H,37,38)/t22-,27?,31?/m1/s1. The number of nitrogens with one attached hydrogen (secondary N) is 3. The molecule has 2 amide bonds. The van der Waals surface area contributed by atoms with Gasteiger partial charge in [-0.3, -0.25) is 9.59 Å². The average molecular weight is 651 g/mol. The molecule has 3 aliphatic rings. The molecule has 2 fully saturated rings. The number of aromatic nitrogens is 2. The number of hydrogen-bond acceptors (Lipinski definition) is 8. The van der Waals surface area contributed by atoms with Gasteiger partial charge in [0.2, 0.25) is 5.91 Å². The number of carbonyl (C=O) groups excluding carboxylic acids is 2. The minimum Gasteiger partial charge on any atom is -0.493 e. The minimum atomic E-state index is -2.99. The summed E-state index contributed by atoms with van der Waals surface area (Å²) in [5, 5.41) is 6.63. The van der Waals surface area contributed by atoms with Crippen LogP contribution < -0.4 is 15.4 Å². The van der Waals surface area contributed by atoms with E-state index in [1.165, 1.54) is 11.8 Å². The van der Waals surface area contributed by atoms with E-state index in [9.17, 15) is 18.0 Å². The number of carbonyl (C=O) groups is 2.